The van der Waals surface area contributed by atoms with Crippen LogP contribution in [-0.4, -0.2) is 29.7 Å². The number of carbonyl (C=O) groups excluding carboxylic acids is 1. The number of nitrogens with zero attached hydrogens (tertiary/aromatic N) is 1. The van der Waals surface area contributed by atoms with Gasteiger partial charge in [0.1, 0.15) is 5.60 Å². The van der Waals surface area contributed by atoms with Gasteiger partial charge in [0.05, 0.1) is 0 Å². The molecule has 0 bridgehead atoms. The van der Waals surface area contributed by atoms with Gasteiger partial charge in [-0.1, -0.05) is 32.1 Å². The molecular weight excluding hydrogens is 250 g/mol. The lowest BCUT2D eigenvalue weighted by molar-refractivity contribution is -0.111. The molecule has 3 aliphatic rings. The molecule has 1 aliphatic heterocycles. The maximum absolute atomic E-state index is 12.0. The Labute approximate surface area is 123 Å². The molecule has 0 unspecified atom stereocenters. The molecule has 1 amide bonds. The van der Waals surface area contributed by atoms with Crippen molar-refractivity contribution in [3.8, 4) is 0 Å². The smallest absolute Gasteiger partial charge is 0.410 e. The van der Waals surface area contributed by atoms with E-state index in [0.717, 1.165) is 24.9 Å². The third-order valence-corrected chi connectivity index (χ3v) is 5.41. The Balaban J connectivity index is 1.42. The van der Waals surface area contributed by atoms with Crippen LogP contribution in [0.4, 0.5) is 4.79 Å². The number of amides is 1. The van der Waals surface area contributed by atoms with Gasteiger partial charge in [0.25, 0.3) is 0 Å². The van der Waals surface area contributed by atoms with Crippen molar-refractivity contribution >= 4 is 6.09 Å². The Morgan fingerprint density at radius 2 is 1.65 bits per heavy atom. The molecule has 1 saturated heterocycles. The summed E-state index contributed by atoms with van der Waals surface area (Å²) in [4.78, 5) is 13.8. The highest BCUT2D eigenvalue weighted by Gasteiger charge is 2.55. The van der Waals surface area contributed by atoms with Crippen molar-refractivity contribution in [3.63, 3.8) is 0 Å². The van der Waals surface area contributed by atoms with Crippen molar-refractivity contribution in [2.45, 2.75) is 71.3 Å². The molecule has 2 saturated carbocycles. The van der Waals surface area contributed by atoms with E-state index in [1.807, 2.05) is 25.7 Å². The third kappa shape index (κ3) is 2.82. The molecule has 3 rings (SSSR count). The zero-order valence-corrected chi connectivity index (χ0v) is 13.3. The summed E-state index contributed by atoms with van der Waals surface area (Å²) in [7, 11) is 0. The molecule has 0 aromatic rings. The monoisotopic (exact) mass is 279 g/mol. The van der Waals surface area contributed by atoms with Gasteiger partial charge in [0.15, 0.2) is 0 Å². The minimum Gasteiger partial charge on any atom is -0.444 e. The Morgan fingerprint density at radius 3 is 2.20 bits per heavy atom. The molecule has 1 heterocycles. The van der Waals surface area contributed by atoms with E-state index in [-0.39, 0.29) is 11.7 Å². The summed E-state index contributed by atoms with van der Waals surface area (Å²) >= 11 is 0. The number of likely N-dealkylation sites (tertiary alicyclic amines) is 1. The van der Waals surface area contributed by atoms with Gasteiger partial charge in [0.2, 0.25) is 0 Å². The summed E-state index contributed by atoms with van der Waals surface area (Å²) in [6.45, 7) is 7.67. The predicted molar refractivity (Wildman–Crippen MR) is 79.5 cm³/mol. The zero-order valence-electron chi connectivity index (χ0n) is 13.3. The van der Waals surface area contributed by atoms with E-state index in [0.29, 0.717) is 5.41 Å². The average Bonchev–Trinajstić information content (AvgIpc) is 2.24. The predicted octanol–water partition coefficient (Wildman–Crippen LogP) is 4.21. The molecule has 3 fully saturated rings. The Hall–Kier alpha value is -0.730. The van der Waals surface area contributed by atoms with Gasteiger partial charge in [-0.15, -0.1) is 0 Å². The Kier molecular flexibility index (Phi) is 3.50. The molecule has 3 heteroatoms. The second kappa shape index (κ2) is 4.92. The van der Waals surface area contributed by atoms with Crippen LogP contribution >= 0.6 is 0 Å². The first kappa shape index (κ1) is 14.2. The number of ether oxygens (including phenoxy) is 1. The highest BCUT2D eigenvalue weighted by molar-refractivity contribution is 5.69. The van der Waals surface area contributed by atoms with Crippen molar-refractivity contribution in [2.24, 2.45) is 17.3 Å². The van der Waals surface area contributed by atoms with Gasteiger partial charge in [0, 0.05) is 18.5 Å². The molecule has 0 aromatic heterocycles. The van der Waals surface area contributed by atoms with Crippen molar-refractivity contribution in [2.75, 3.05) is 13.1 Å². The maximum atomic E-state index is 12.0. The summed E-state index contributed by atoms with van der Waals surface area (Å²) in [5.74, 6) is 1.95. The van der Waals surface area contributed by atoms with Crippen molar-refractivity contribution in [1.29, 1.82) is 0 Å². The summed E-state index contributed by atoms with van der Waals surface area (Å²) in [5, 5.41) is 0. The number of rotatable bonds is 1. The lowest BCUT2D eigenvalue weighted by atomic mass is 9.53. The van der Waals surface area contributed by atoms with E-state index in [1.54, 1.807) is 0 Å². The lowest BCUT2D eigenvalue weighted by Crippen LogP contribution is -2.65. The average molecular weight is 279 g/mol. The SMILES string of the molecule is CC(C)(C)OC(=O)N1CC2(CC(C3CCCCC3)C2)C1. The number of carbonyl (C=O) groups is 1. The number of hydrogen-bond acceptors (Lipinski definition) is 2. The molecule has 1 spiro atoms. The first-order valence-corrected chi connectivity index (χ1v) is 8.35. The van der Waals surface area contributed by atoms with Crippen molar-refractivity contribution in [3.05, 3.63) is 0 Å². The third-order valence-electron chi connectivity index (χ3n) is 5.41. The molecule has 114 valence electrons. The zero-order chi connectivity index (χ0) is 14.4. The van der Waals surface area contributed by atoms with Crippen LogP contribution < -0.4 is 0 Å². The van der Waals surface area contributed by atoms with Crippen LogP contribution in [0.25, 0.3) is 0 Å². The molecule has 0 N–H and O–H groups in total. The largest absolute Gasteiger partial charge is 0.444 e. The quantitative estimate of drug-likeness (QED) is 0.719. The van der Waals surface area contributed by atoms with E-state index < -0.39 is 0 Å². The van der Waals surface area contributed by atoms with Crippen LogP contribution in [0.2, 0.25) is 0 Å². The Morgan fingerprint density at radius 1 is 1.05 bits per heavy atom. The van der Waals surface area contributed by atoms with Crippen molar-refractivity contribution in [1.82, 2.24) is 4.90 Å². The van der Waals surface area contributed by atoms with Crippen LogP contribution in [0.5, 0.6) is 0 Å². The molecule has 0 radical (unpaired) electrons. The Bertz CT molecular complexity index is 365. The van der Waals surface area contributed by atoms with E-state index in [2.05, 4.69) is 0 Å². The first-order valence-electron chi connectivity index (χ1n) is 8.35. The van der Waals surface area contributed by atoms with E-state index in [1.165, 1.54) is 44.9 Å². The van der Waals surface area contributed by atoms with Gasteiger partial charge in [-0.3, -0.25) is 0 Å². The lowest BCUT2D eigenvalue weighted by Gasteiger charge is -2.60. The summed E-state index contributed by atoms with van der Waals surface area (Å²) < 4.78 is 5.43. The second-order valence-corrected chi connectivity index (χ2v) is 8.40. The van der Waals surface area contributed by atoms with Gasteiger partial charge in [-0.2, -0.15) is 0 Å². The fourth-order valence-electron chi connectivity index (χ4n) is 4.47. The summed E-state index contributed by atoms with van der Waals surface area (Å²) in [6, 6.07) is 0. The van der Waals surface area contributed by atoms with E-state index in [4.69, 9.17) is 4.74 Å². The van der Waals surface area contributed by atoms with Crippen molar-refractivity contribution < 1.29 is 9.53 Å². The highest BCUT2D eigenvalue weighted by Crippen LogP contribution is 2.56. The topological polar surface area (TPSA) is 29.5 Å². The minimum atomic E-state index is -0.371. The minimum absolute atomic E-state index is 0.121. The van der Waals surface area contributed by atoms with Gasteiger partial charge >= 0.3 is 6.09 Å². The number of hydrogen-bond donors (Lipinski definition) is 0. The fraction of sp³-hybridized carbons (Fsp3) is 0.941. The van der Waals surface area contributed by atoms with Gasteiger partial charge in [-0.25, -0.2) is 4.79 Å². The maximum Gasteiger partial charge on any atom is 0.410 e. The molecule has 0 atom stereocenters. The standard InChI is InChI=1S/C17H29NO2/c1-16(2,3)20-15(19)18-11-17(12-18)9-14(10-17)13-7-5-4-6-8-13/h13-14H,4-12H2,1-3H3. The van der Waals surface area contributed by atoms with Gasteiger partial charge < -0.3 is 9.64 Å². The molecular formula is C17H29NO2. The van der Waals surface area contributed by atoms with Crippen LogP contribution in [0.15, 0.2) is 0 Å². The second-order valence-electron chi connectivity index (χ2n) is 8.40. The summed E-state index contributed by atoms with van der Waals surface area (Å²) in [5.41, 5.74) is 0.100. The van der Waals surface area contributed by atoms with E-state index in [9.17, 15) is 4.79 Å². The first-order chi connectivity index (χ1) is 9.37. The van der Waals surface area contributed by atoms with Gasteiger partial charge in [-0.05, 0) is 45.4 Å². The fourth-order valence-corrected chi connectivity index (χ4v) is 4.47. The van der Waals surface area contributed by atoms with E-state index >= 15 is 0 Å². The molecule has 3 nitrogen and oxygen atoms in total. The molecule has 20 heavy (non-hydrogen) atoms. The summed E-state index contributed by atoms with van der Waals surface area (Å²) in [6.07, 6.45) is 9.84. The van der Waals surface area contributed by atoms with Crippen LogP contribution in [0, 0.1) is 17.3 Å². The normalized spacial score (nSPS) is 27.1. The molecule has 0 aromatic carbocycles. The van der Waals surface area contributed by atoms with Crippen LogP contribution in [0.3, 0.4) is 0 Å². The van der Waals surface area contributed by atoms with Crippen LogP contribution in [-0.2, 0) is 4.74 Å². The highest BCUT2D eigenvalue weighted by atomic mass is 16.6. The van der Waals surface area contributed by atoms with Crippen LogP contribution in [0.1, 0.15) is 65.7 Å². The molecule has 2 aliphatic carbocycles.